The molecule has 3 heteroatoms. The minimum atomic E-state index is 0.186. The molecule has 1 saturated heterocycles. The van der Waals surface area contributed by atoms with Crippen molar-refractivity contribution in [2.24, 2.45) is 0 Å². The van der Waals surface area contributed by atoms with E-state index >= 15 is 0 Å². The third-order valence-electron chi connectivity index (χ3n) is 4.24. The lowest BCUT2D eigenvalue weighted by molar-refractivity contribution is 0.0104. The smallest absolute Gasteiger partial charge is 0.167 e. The highest BCUT2D eigenvalue weighted by Crippen LogP contribution is 2.28. The molecule has 2 aromatic rings. The van der Waals surface area contributed by atoms with Crippen molar-refractivity contribution >= 4 is 16.8 Å². The van der Waals surface area contributed by atoms with Gasteiger partial charge >= 0.3 is 0 Å². The van der Waals surface area contributed by atoms with Gasteiger partial charge in [0.1, 0.15) is 11.3 Å². The van der Waals surface area contributed by atoms with Crippen molar-refractivity contribution in [3.05, 3.63) is 35.6 Å². The Hall–Kier alpha value is -1.61. The number of ether oxygens (including phenoxy) is 1. The Morgan fingerprint density at radius 2 is 2.14 bits per heavy atom. The van der Waals surface area contributed by atoms with Crippen molar-refractivity contribution in [2.75, 3.05) is 6.61 Å². The lowest BCUT2D eigenvalue weighted by atomic mass is 9.98. The first-order chi connectivity index (χ1) is 10.3. The molecule has 1 aliphatic heterocycles. The van der Waals surface area contributed by atoms with Gasteiger partial charge in [0, 0.05) is 24.8 Å². The van der Waals surface area contributed by atoms with Crippen molar-refractivity contribution in [3.63, 3.8) is 0 Å². The summed E-state index contributed by atoms with van der Waals surface area (Å²) in [6.07, 6.45) is 5.81. The van der Waals surface area contributed by atoms with E-state index in [0.29, 0.717) is 6.42 Å². The second kappa shape index (κ2) is 6.44. The number of fused-ring (bicyclic) bond motifs is 1. The summed E-state index contributed by atoms with van der Waals surface area (Å²) in [5.41, 5.74) is 1.59. The van der Waals surface area contributed by atoms with Crippen LogP contribution in [-0.4, -0.2) is 18.5 Å². The summed E-state index contributed by atoms with van der Waals surface area (Å²) in [4.78, 5) is 12.6. The fourth-order valence-electron chi connectivity index (χ4n) is 3.10. The lowest BCUT2D eigenvalue weighted by Crippen LogP contribution is -2.20. The number of furan rings is 1. The van der Waals surface area contributed by atoms with Gasteiger partial charge in [0.05, 0.1) is 11.7 Å². The number of aryl methyl sites for hydroxylation is 1. The Labute approximate surface area is 125 Å². The van der Waals surface area contributed by atoms with E-state index in [-0.39, 0.29) is 11.9 Å². The van der Waals surface area contributed by atoms with Crippen LogP contribution in [0.4, 0.5) is 0 Å². The third kappa shape index (κ3) is 3.03. The number of para-hydroxylation sites is 1. The van der Waals surface area contributed by atoms with Crippen LogP contribution < -0.4 is 0 Å². The first-order valence-corrected chi connectivity index (χ1v) is 7.94. The van der Waals surface area contributed by atoms with Gasteiger partial charge in [0.2, 0.25) is 0 Å². The molecule has 112 valence electrons. The number of hydrogen-bond acceptors (Lipinski definition) is 3. The average molecular weight is 286 g/mol. The molecule has 1 atom stereocenters. The van der Waals surface area contributed by atoms with Crippen molar-refractivity contribution in [3.8, 4) is 0 Å². The molecule has 2 heterocycles. The van der Waals surface area contributed by atoms with Crippen molar-refractivity contribution in [1.82, 2.24) is 0 Å². The second-order valence-corrected chi connectivity index (χ2v) is 5.70. The standard InChI is InChI=1S/C18H22O3/c1-2-16-18(14-8-3-4-9-17(14)21-16)15(19)11-10-13-7-5-6-12-20-13/h3-4,8-9,13H,2,5-7,10-12H2,1H3. The first-order valence-electron chi connectivity index (χ1n) is 7.94. The quantitative estimate of drug-likeness (QED) is 0.758. The highest BCUT2D eigenvalue weighted by molar-refractivity contribution is 6.08. The van der Waals surface area contributed by atoms with Crippen LogP contribution >= 0.6 is 0 Å². The molecule has 3 rings (SSSR count). The Bertz CT molecular complexity index is 620. The van der Waals surface area contributed by atoms with Gasteiger partial charge in [0.15, 0.2) is 5.78 Å². The zero-order valence-electron chi connectivity index (χ0n) is 12.6. The number of carbonyl (C=O) groups excluding carboxylic acids is 1. The van der Waals surface area contributed by atoms with E-state index in [1.165, 1.54) is 6.42 Å². The predicted octanol–water partition coefficient (Wildman–Crippen LogP) is 4.53. The normalized spacial score (nSPS) is 19.0. The fourth-order valence-corrected chi connectivity index (χ4v) is 3.10. The minimum Gasteiger partial charge on any atom is -0.460 e. The lowest BCUT2D eigenvalue weighted by Gasteiger charge is -2.22. The van der Waals surface area contributed by atoms with Gasteiger partial charge in [-0.2, -0.15) is 0 Å². The number of hydrogen-bond donors (Lipinski definition) is 0. The summed E-state index contributed by atoms with van der Waals surface area (Å²) < 4.78 is 11.5. The van der Waals surface area contributed by atoms with Crippen LogP contribution in [-0.2, 0) is 11.2 Å². The Balaban J connectivity index is 1.77. The van der Waals surface area contributed by atoms with Crippen LogP contribution in [0.25, 0.3) is 11.0 Å². The van der Waals surface area contributed by atoms with Crippen LogP contribution in [0.15, 0.2) is 28.7 Å². The SMILES string of the molecule is CCc1oc2ccccc2c1C(=O)CCC1CCCCO1. The van der Waals surface area contributed by atoms with Gasteiger partial charge < -0.3 is 9.15 Å². The maximum atomic E-state index is 12.6. The topological polar surface area (TPSA) is 39.4 Å². The monoisotopic (exact) mass is 286 g/mol. The van der Waals surface area contributed by atoms with Gasteiger partial charge in [-0.15, -0.1) is 0 Å². The predicted molar refractivity (Wildman–Crippen MR) is 82.7 cm³/mol. The molecule has 1 aliphatic rings. The maximum absolute atomic E-state index is 12.6. The average Bonchev–Trinajstić information content (AvgIpc) is 2.92. The summed E-state index contributed by atoms with van der Waals surface area (Å²) in [6, 6.07) is 7.80. The number of Topliss-reactive ketones (excluding diaryl/α,β-unsaturated/α-hetero) is 1. The van der Waals surface area contributed by atoms with Crippen molar-refractivity contribution in [2.45, 2.75) is 51.6 Å². The Morgan fingerprint density at radius 1 is 1.29 bits per heavy atom. The van der Waals surface area contributed by atoms with Crippen LogP contribution in [0.3, 0.4) is 0 Å². The van der Waals surface area contributed by atoms with E-state index in [1.54, 1.807) is 0 Å². The maximum Gasteiger partial charge on any atom is 0.167 e. The van der Waals surface area contributed by atoms with E-state index < -0.39 is 0 Å². The summed E-state index contributed by atoms with van der Waals surface area (Å²) in [7, 11) is 0. The van der Waals surface area contributed by atoms with Crippen LogP contribution in [0.5, 0.6) is 0 Å². The molecule has 0 aliphatic carbocycles. The van der Waals surface area contributed by atoms with E-state index in [4.69, 9.17) is 9.15 Å². The third-order valence-corrected chi connectivity index (χ3v) is 4.24. The van der Waals surface area contributed by atoms with Gasteiger partial charge in [-0.3, -0.25) is 4.79 Å². The van der Waals surface area contributed by atoms with Gasteiger partial charge in [-0.25, -0.2) is 0 Å². The fraction of sp³-hybridized carbons (Fsp3) is 0.500. The van der Waals surface area contributed by atoms with Crippen molar-refractivity contribution in [1.29, 1.82) is 0 Å². The molecule has 0 spiro atoms. The first kappa shape index (κ1) is 14.3. The number of rotatable bonds is 5. The molecule has 1 aromatic carbocycles. The molecule has 1 aromatic heterocycles. The molecular formula is C18H22O3. The molecule has 21 heavy (non-hydrogen) atoms. The molecule has 0 bridgehead atoms. The summed E-state index contributed by atoms with van der Waals surface area (Å²) in [5.74, 6) is 0.997. The van der Waals surface area contributed by atoms with Crippen molar-refractivity contribution < 1.29 is 13.9 Å². The highest BCUT2D eigenvalue weighted by Gasteiger charge is 2.21. The van der Waals surface area contributed by atoms with E-state index in [9.17, 15) is 4.79 Å². The van der Waals surface area contributed by atoms with Gasteiger partial charge in [-0.1, -0.05) is 25.1 Å². The number of ketones is 1. The summed E-state index contributed by atoms with van der Waals surface area (Å²) >= 11 is 0. The molecule has 0 amide bonds. The Morgan fingerprint density at radius 3 is 2.90 bits per heavy atom. The molecule has 0 radical (unpaired) electrons. The molecule has 1 fully saturated rings. The number of benzene rings is 1. The molecule has 1 unspecified atom stereocenters. The molecule has 0 N–H and O–H groups in total. The van der Waals surface area contributed by atoms with Crippen LogP contribution in [0, 0.1) is 0 Å². The Kier molecular flexibility index (Phi) is 4.39. The molecule has 3 nitrogen and oxygen atoms in total. The summed E-state index contributed by atoms with van der Waals surface area (Å²) in [5, 5.41) is 0.948. The minimum absolute atomic E-state index is 0.186. The largest absolute Gasteiger partial charge is 0.460 e. The molecular weight excluding hydrogens is 264 g/mol. The zero-order valence-corrected chi connectivity index (χ0v) is 12.6. The van der Waals surface area contributed by atoms with E-state index in [1.807, 2.05) is 31.2 Å². The highest BCUT2D eigenvalue weighted by atomic mass is 16.5. The van der Waals surface area contributed by atoms with Crippen LogP contribution in [0.1, 0.15) is 55.1 Å². The van der Waals surface area contributed by atoms with Gasteiger partial charge in [0.25, 0.3) is 0 Å². The molecule has 0 saturated carbocycles. The van der Waals surface area contributed by atoms with Crippen LogP contribution in [0.2, 0.25) is 0 Å². The second-order valence-electron chi connectivity index (χ2n) is 5.70. The van der Waals surface area contributed by atoms with E-state index in [0.717, 1.165) is 54.6 Å². The zero-order chi connectivity index (χ0) is 14.7. The van der Waals surface area contributed by atoms with Gasteiger partial charge in [-0.05, 0) is 31.7 Å². The van der Waals surface area contributed by atoms with E-state index in [2.05, 4.69) is 0 Å². The summed E-state index contributed by atoms with van der Waals surface area (Å²) in [6.45, 7) is 2.87. The number of carbonyl (C=O) groups is 1.